The van der Waals surface area contributed by atoms with E-state index in [1.165, 1.54) is 0 Å². The minimum atomic E-state index is -0.434. The minimum Gasteiger partial charge on any atom is -0.490 e. The second-order valence-electron chi connectivity index (χ2n) is 4.72. The molecular formula is C16H18INO4. The third-order valence-electron chi connectivity index (χ3n) is 2.97. The second-order valence-corrected chi connectivity index (χ2v) is 5.89. The second kappa shape index (κ2) is 7.62. The molecule has 0 N–H and O–H groups in total. The molecule has 0 unspecified atom stereocenters. The normalized spacial score (nSPS) is 15.7. The van der Waals surface area contributed by atoms with Crippen LogP contribution in [0.2, 0.25) is 0 Å². The Morgan fingerprint density at radius 2 is 2.09 bits per heavy atom. The van der Waals surface area contributed by atoms with Crippen molar-refractivity contribution in [2.45, 2.75) is 27.2 Å². The van der Waals surface area contributed by atoms with Crippen LogP contribution in [0.5, 0.6) is 11.5 Å². The number of halogens is 1. The van der Waals surface area contributed by atoms with Gasteiger partial charge in [-0.2, -0.15) is 0 Å². The Labute approximate surface area is 143 Å². The van der Waals surface area contributed by atoms with Gasteiger partial charge in [-0.3, -0.25) is 0 Å². The van der Waals surface area contributed by atoms with Crippen molar-refractivity contribution < 1.29 is 19.1 Å². The highest BCUT2D eigenvalue weighted by Crippen LogP contribution is 2.35. The van der Waals surface area contributed by atoms with Gasteiger partial charge < -0.3 is 14.3 Å². The molecule has 22 heavy (non-hydrogen) atoms. The summed E-state index contributed by atoms with van der Waals surface area (Å²) < 4.78 is 12.4. The molecule has 6 heteroatoms. The summed E-state index contributed by atoms with van der Waals surface area (Å²) in [5, 5.41) is 3.68. The van der Waals surface area contributed by atoms with Gasteiger partial charge in [0.05, 0.1) is 28.1 Å². The van der Waals surface area contributed by atoms with Crippen LogP contribution in [0.15, 0.2) is 22.9 Å². The van der Waals surface area contributed by atoms with E-state index in [1.807, 2.05) is 19.1 Å². The van der Waals surface area contributed by atoms with Crippen LogP contribution in [0.4, 0.5) is 0 Å². The summed E-state index contributed by atoms with van der Waals surface area (Å²) in [6, 6.07) is 3.81. The molecule has 1 aromatic rings. The zero-order valence-corrected chi connectivity index (χ0v) is 15.0. The van der Waals surface area contributed by atoms with E-state index in [0.717, 1.165) is 21.3 Å². The van der Waals surface area contributed by atoms with E-state index in [-0.39, 0.29) is 0 Å². The SMILES string of the molecule is CCCOc1c(I)cc(/C=C2/C(=O)ON=C2C)cc1OCC. The lowest BCUT2D eigenvalue weighted by atomic mass is 10.1. The van der Waals surface area contributed by atoms with E-state index in [9.17, 15) is 4.79 Å². The molecule has 1 aromatic carbocycles. The topological polar surface area (TPSA) is 57.1 Å². The summed E-state index contributed by atoms with van der Waals surface area (Å²) in [6.07, 6.45) is 2.68. The average Bonchev–Trinajstić information content (AvgIpc) is 2.79. The number of benzene rings is 1. The third-order valence-corrected chi connectivity index (χ3v) is 3.77. The van der Waals surface area contributed by atoms with E-state index in [4.69, 9.17) is 9.47 Å². The van der Waals surface area contributed by atoms with Crippen LogP contribution in [-0.2, 0) is 9.63 Å². The van der Waals surface area contributed by atoms with Crippen molar-refractivity contribution in [2.24, 2.45) is 5.16 Å². The largest absolute Gasteiger partial charge is 0.490 e. The summed E-state index contributed by atoms with van der Waals surface area (Å²) in [5.74, 6) is 0.985. The fourth-order valence-corrected chi connectivity index (χ4v) is 2.75. The van der Waals surface area contributed by atoms with Crippen LogP contribution in [-0.4, -0.2) is 24.9 Å². The number of nitrogens with zero attached hydrogens (tertiary/aromatic N) is 1. The van der Waals surface area contributed by atoms with E-state index in [2.05, 4.69) is 39.5 Å². The lowest BCUT2D eigenvalue weighted by molar-refractivity contribution is -0.136. The van der Waals surface area contributed by atoms with Gasteiger partial charge in [0.2, 0.25) is 0 Å². The molecule has 0 aromatic heterocycles. The molecule has 5 nitrogen and oxygen atoms in total. The Morgan fingerprint density at radius 1 is 1.32 bits per heavy atom. The van der Waals surface area contributed by atoms with Gasteiger partial charge in [0.1, 0.15) is 0 Å². The predicted octanol–water partition coefficient (Wildman–Crippen LogP) is 3.79. The summed E-state index contributed by atoms with van der Waals surface area (Å²) in [7, 11) is 0. The van der Waals surface area contributed by atoms with Crippen molar-refractivity contribution in [3.8, 4) is 11.5 Å². The number of hydrogen-bond donors (Lipinski definition) is 0. The molecule has 0 saturated heterocycles. The van der Waals surface area contributed by atoms with E-state index in [0.29, 0.717) is 30.2 Å². The molecule has 0 fully saturated rings. The van der Waals surface area contributed by atoms with Crippen molar-refractivity contribution in [3.63, 3.8) is 0 Å². The van der Waals surface area contributed by atoms with Crippen molar-refractivity contribution in [1.82, 2.24) is 0 Å². The highest BCUT2D eigenvalue weighted by Gasteiger charge is 2.22. The first kappa shape index (κ1) is 16.8. The third kappa shape index (κ3) is 3.79. The first-order valence-corrected chi connectivity index (χ1v) is 8.21. The van der Waals surface area contributed by atoms with Crippen molar-refractivity contribution in [2.75, 3.05) is 13.2 Å². The average molecular weight is 415 g/mol. The maximum Gasteiger partial charge on any atom is 0.367 e. The summed E-state index contributed by atoms with van der Waals surface area (Å²) in [5.41, 5.74) is 1.88. The zero-order valence-electron chi connectivity index (χ0n) is 12.8. The minimum absolute atomic E-state index is 0.434. The smallest absolute Gasteiger partial charge is 0.367 e. The monoisotopic (exact) mass is 415 g/mol. The Bertz CT molecular complexity index is 637. The molecule has 1 aliphatic rings. The van der Waals surface area contributed by atoms with Crippen molar-refractivity contribution in [1.29, 1.82) is 0 Å². The van der Waals surface area contributed by atoms with Gasteiger partial charge in [-0.05, 0) is 66.6 Å². The highest BCUT2D eigenvalue weighted by molar-refractivity contribution is 14.1. The maximum atomic E-state index is 11.6. The maximum absolute atomic E-state index is 11.6. The molecule has 118 valence electrons. The number of carbonyl (C=O) groups is 1. The quantitative estimate of drug-likeness (QED) is 0.403. The number of hydrogen-bond acceptors (Lipinski definition) is 5. The standard InChI is InChI=1S/C16H18INO4/c1-4-6-21-15-13(17)8-11(9-14(15)20-5-2)7-12-10(3)18-22-16(12)19/h7-9H,4-6H2,1-3H3/b12-7+. The molecule has 0 aliphatic carbocycles. The highest BCUT2D eigenvalue weighted by atomic mass is 127. The van der Waals surface area contributed by atoms with Crippen LogP contribution >= 0.6 is 22.6 Å². The Hall–Kier alpha value is -1.57. The molecule has 0 bridgehead atoms. The number of oxime groups is 1. The van der Waals surface area contributed by atoms with Crippen LogP contribution in [0.25, 0.3) is 6.08 Å². The lowest BCUT2D eigenvalue weighted by Crippen LogP contribution is -2.04. The van der Waals surface area contributed by atoms with E-state index < -0.39 is 5.97 Å². The van der Waals surface area contributed by atoms with Crippen molar-refractivity contribution >= 4 is 40.3 Å². The van der Waals surface area contributed by atoms with E-state index in [1.54, 1.807) is 13.0 Å². The van der Waals surface area contributed by atoms with Gasteiger partial charge in [0.25, 0.3) is 0 Å². The molecule has 0 radical (unpaired) electrons. The Morgan fingerprint density at radius 3 is 2.68 bits per heavy atom. The molecular weight excluding hydrogens is 397 g/mol. The van der Waals surface area contributed by atoms with Gasteiger partial charge in [-0.15, -0.1) is 0 Å². The molecule has 2 rings (SSSR count). The number of ether oxygens (including phenoxy) is 2. The Balaban J connectivity index is 2.40. The van der Waals surface area contributed by atoms with Gasteiger partial charge in [-0.1, -0.05) is 12.1 Å². The van der Waals surface area contributed by atoms with Crippen molar-refractivity contribution in [3.05, 3.63) is 26.8 Å². The molecule has 0 amide bonds. The van der Waals surface area contributed by atoms with Gasteiger partial charge >= 0.3 is 5.97 Å². The first-order valence-electron chi connectivity index (χ1n) is 7.14. The Kier molecular flexibility index (Phi) is 5.82. The van der Waals surface area contributed by atoms with Crippen LogP contribution < -0.4 is 9.47 Å². The van der Waals surface area contributed by atoms with Crippen LogP contribution in [0, 0.1) is 3.57 Å². The summed E-state index contributed by atoms with van der Waals surface area (Å²) in [4.78, 5) is 16.3. The molecule has 1 aliphatic heterocycles. The molecule has 0 atom stereocenters. The molecule has 1 heterocycles. The predicted molar refractivity (Wildman–Crippen MR) is 93.3 cm³/mol. The lowest BCUT2D eigenvalue weighted by Gasteiger charge is -2.14. The number of carbonyl (C=O) groups excluding carboxylic acids is 1. The first-order chi connectivity index (χ1) is 10.6. The number of rotatable bonds is 6. The molecule has 0 spiro atoms. The van der Waals surface area contributed by atoms with Crippen LogP contribution in [0.3, 0.4) is 0 Å². The fourth-order valence-electron chi connectivity index (χ4n) is 1.96. The zero-order chi connectivity index (χ0) is 16.1. The van der Waals surface area contributed by atoms with Gasteiger partial charge in [-0.25, -0.2) is 4.79 Å². The summed E-state index contributed by atoms with van der Waals surface area (Å²) in [6.45, 7) is 6.90. The molecule has 0 saturated carbocycles. The van der Waals surface area contributed by atoms with Gasteiger partial charge in [0.15, 0.2) is 11.5 Å². The van der Waals surface area contributed by atoms with Crippen LogP contribution in [0.1, 0.15) is 32.8 Å². The van der Waals surface area contributed by atoms with Gasteiger partial charge in [0, 0.05) is 0 Å². The fraction of sp³-hybridized carbons (Fsp3) is 0.375. The van der Waals surface area contributed by atoms with E-state index >= 15 is 0 Å². The summed E-state index contributed by atoms with van der Waals surface area (Å²) >= 11 is 2.21.